The maximum atomic E-state index is 11.9. The topological polar surface area (TPSA) is 38.7 Å². The summed E-state index contributed by atoms with van der Waals surface area (Å²) >= 11 is 0. The molecule has 1 aliphatic rings. The molecule has 14 heavy (non-hydrogen) atoms. The van der Waals surface area contributed by atoms with E-state index in [1.54, 1.807) is 7.11 Å². The van der Waals surface area contributed by atoms with E-state index in [1.165, 1.54) is 0 Å². The Morgan fingerprint density at radius 1 is 1.36 bits per heavy atom. The van der Waals surface area contributed by atoms with Gasteiger partial charge in [-0.1, -0.05) is 12.1 Å². The summed E-state index contributed by atoms with van der Waals surface area (Å²) in [5.74, 6) is 2.15. The zero-order valence-corrected chi connectivity index (χ0v) is 8.92. The molecular formula is C10H13NO2S. The summed E-state index contributed by atoms with van der Waals surface area (Å²) in [5.41, 5.74) is 0.708. The molecule has 0 aliphatic carbocycles. The predicted octanol–water partition coefficient (Wildman–Crippen LogP) is 2.20. The van der Waals surface area contributed by atoms with Crippen LogP contribution in [0, 0.1) is 0 Å². The van der Waals surface area contributed by atoms with Gasteiger partial charge in [0.05, 0.1) is 16.8 Å². The molecule has 1 saturated heterocycles. The van der Waals surface area contributed by atoms with Crippen molar-refractivity contribution in [3.8, 4) is 5.75 Å². The summed E-state index contributed by atoms with van der Waals surface area (Å²) in [5, 5.41) is 0. The van der Waals surface area contributed by atoms with Gasteiger partial charge in [-0.2, -0.15) is 4.36 Å². The van der Waals surface area contributed by atoms with E-state index in [0.717, 1.165) is 17.9 Å². The second-order valence-corrected chi connectivity index (χ2v) is 5.84. The first-order valence-electron chi connectivity index (χ1n) is 4.59. The van der Waals surface area contributed by atoms with E-state index in [4.69, 9.17) is 4.74 Å². The van der Waals surface area contributed by atoms with E-state index in [2.05, 4.69) is 4.36 Å². The SMILES string of the molecule is COc1ccccc1N=S1(=O)CCC1. The molecule has 0 N–H and O–H groups in total. The van der Waals surface area contributed by atoms with Gasteiger partial charge in [0, 0.05) is 11.5 Å². The van der Waals surface area contributed by atoms with Crippen LogP contribution in [0.2, 0.25) is 0 Å². The lowest BCUT2D eigenvalue weighted by Crippen LogP contribution is -2.22. The van der Waals surface area contributed by atoms with Crippen LogP contribution >= 0.6 is 0 Å². The van der Waals surface area contributed by atoms with Crippen LogP contribution in [0.3, 0.4) is 0 Å². The van der Waals surface area contributed by atoms with E-state index >= 15 is 0 Å². The van der Waals surface area contributed by atoms with Gasteiger partial charge in [0.25, 0.3) is 0 Å². The highest BCUT2D eigenvalue weighted by Crippen LogP contribution is 2.29. The fraction of sp³-hybridized carbons (Fsp3) is 0.400. The third kappa shape index (κ3) is 1.75. The number of nitrogens with zero attached hydrogens (tertiary/aromatic N) is 1. The molecule has 2 rings (SSSR count). The minimum atomic E-state index is -1.93. The van der Waals surface area contributed by atoms with E-state index in [9.17, 15) is 4.21 Å². The molecule has 0 spiro atoms. The summed E-state index contributed by atoms with van der Waals surface area (Å²) < 4.78 is 21.3. The molecule has 1 heterocycles. The molecule has 0 saturated carbocycles. The Hall–Kier alpha value is -1.03. The van der Waals surface area contributed by atoms with Crippen LogP contribution in [0.5, 0.6) is 5.75 Å². The van der Waals surface area contributed by atoms with Crippen molar-refractivity contribution in [1.29, 1.82) is 0 Å². The maximum Gasteiger partial charge on any atom is 0.145 e. The molecule has 0 bridgehead atoms. The minimum Gasteiger partial charge on any atom is -0.494 e. The van der Waals surface area contributed by atoms with Crippen molar-refractivity contribution in [2.24, 2.45) is 4.36 Å². The van der Waals surface area contributed by atoms with Gasteiger partial charge < -0.3 is 4.74 Å². The summed E-state index contributed by atoms with van der Waals surface area (Å²) in [4.78, 5) is 0. The van der Waals surface area contributed by atoms with Crippen LogP contribution in [0.1, 0.15) is 6.42 Å². The van der Waals surface area contributed by atoms with Crippen molar-refractivity contribution in [1.82, 2.24) is 0 Å². The molecule has 0 unspecified atom stereocenters. The van der Waals surface area contributed by atoms with E-state index in [1.807, 2.05) is 24.3 Å². The number of methoxy groups -OCH3 is 1. The molecule has 76 valence electrons. The molecule has 4 heteroatoms. The molecule has 3 nitrogen and oxygen atoms in total. The van der Waals surface area contributed by atoms with Crippen molar-refractivity contribution in [2.45, 2.75) is 6.42 Å². The lowest BCUT2D eigenvalue weighted by molar-refractivity contribution is 0.416. The molecule has 1 fully saturated rings. The van der Waals surface area contributed by atoms with Crippen molar-refractivity contribution in [3.63, 3.8) is 0 Å². The average Bonchev–Trinajstić information content (AvgIpc) is 2.16. The Labute approximate surface area is 84.3 Å². The van der Waals surface area contributed by atoms with Crippen molar-refractivity contribution in [3.05, 3.63) is 24.3 Å². The Kier molecular flexibility index (Phi) is 2.46. The van der Waals surface area contributed by atoms with Crippen molar-refractivity contribution in [2.75, 3.05) is 18.6 Å². The molecular weight excluding hydrogens is 198 g/mol. The standard InChI is InChI=1S/C10H13NO2S/c1-13-10-6-3-2-5-9(10)11-14(12)7-4-8-14/h2-3,5-6H,4,7-8H2,1H3. The van der Waals surface area contributed by atoms with Crippen molar-refractivity contribution >= 4 is 15.4 Å². The normalized spacial score (nSPS) is 18.4. The van der Waals surface area contributed by atoms with E-state index in [0.29, 0.717) is 11.4 Å². The minimum absolute atomic E-state index is 0.696. The lowest BCUT2D eigenvalue weighted by atomic mass is 10.3. The van der Waals surface area contributed by atoms with Gasteiger partial charge in [0.15, 0.2) is 0 Å². The van der Waals surface area contributed by atoms with Crippen LogP contribution in [-0.2, 0) is 9.73 Å². The Morgan fingerprint density at radius 3 is 2.64 bits per heavy atom. The Balaban J connectivity index is 2.42. The largest absolute Gasteiger partial charge is 0.494 e. The van der Waals surface area contributed by atoms with Crippen LogP contribution in [-0.4, -0.2) is 22.8 Å². The Morgan fingerprint density at radius 2 is 2.07 bits per heavy atom. The summed E-state index contributed by atoms with van der Waals surface area (Å²) in [7, 11) is -0.330. The van der Waals surface area contributed by atoms with Gasteiger partial charge in [-0.25, -0.2) is 4.21 Å². The fourth-order valence-corrected chi connectivity index (χ4v) is 2.84. The molecule has 0 aromatic heterocycles. The molecule has 0 amide bonds. The molecule has 1 aromatic carbocycles. The summed E-state index contributed by atoms with van der Waals surface area (Å²) in [6.45, 7) is 0. The zero-order valence-electron chi connectivity index (χ0n) is 8.10. The van der Waals surface area contributed by atoms with Crippen LogP contribution in [0.25, 0.3) is 0 Å². The number of ether oxygens (including phenoxy) is 1. The second kappa shape index (κ2) is 3.61. The van der Waals surface area contributed by atoms with Crippen LogP contribution in [0.15, 0.2) is 28.6 Å². The highest BCUT2D eigenvalue weighted by molar-refractivity contribution is 7.95. The number of para-hydroxylation sites is 1. The molecule has 0 radical (unpaired) electrons. The zero-order chi connectivity index (χ0) is 10.0. The van der Waals surface area contributed by atoms with Gasteiger partial charge in [0.1, 0.15) is 11.4 Å². The van der Waals surface area contributed by atoms with Crippen LogP contribution < -0.4 is 4.74 Å². The second-order valence-electron chi connectivity index (χ2n) is 3.30. The third-order valence-corrected chi connectivity index (χ3v) is 4.66. The fourth-order valence-electron chi connectivity index (χ4n) is 1.37. The molecule has 0 atom stereocenters. The quantitative estimate of drug-likeness (QED) is 0.752. The average molecular weight is 211 g/mol. The third-order valence-electron chi connectivity index (χ3n) is 2.28. The highest BCUT2D eigenvalue weighted by Gasteiger charge is 2.19. The van der Waals surface area contributed by atoms with Crippen LogP contribution in [0.4, 0.5) is 5.69 Å². The van der Waals surface area contributed by atoms with E-state index < -0.39 is 9.73 Å². The number of rotatable bonds is 2. The van der Waals surface area contributed by atoms with Crippen molar-refractivity contribution < 1.29 is 8.95 Å². The first kappa shape index (κ1) is 9.52. The van der Waals surface area contributed by atoms with Gasteiger partial charge in [-0.3, -0.25) is 0 Å². The number of hydrogen-bond acceptors (Lipinski definition) is 3. The number of hydrogen-bond donors (Lipinski definition) is 0. The first-order chi connectivity index (χ1) is 6.73. The smallest absolute Gasteiger partial charge is 0.145 e. The maximum absolute atomic E-state index is 11.9. The lowest BCUT2D eigenvalue weighted by Gasteiger charge is -2.18. The van der Waals surface area contributed by atoms with Gasteiger partial charge in [0.2, 0.25) is 0 Å². The van der Waals surface area contributed by atoms with E-state index in [-0.39, 0.29) is 0 Å². The monoisotopic (exact) mass is 211 g/mol. The number of benzene rings is 1. The first-order valence-corrected chi connectivity index (χ1v) is 6.44. The van der Waals surface area contributed by atoms with Gasteiger partial charge >= 0.3 is 0 Å². The Bertz CT molecular complexity index is 437. The summed E-state index contributed by atoms with van der Waals surface area (Å²) in [6.07, 6.45) is 1.03. The predicted molar refractivity (Wildman–Crippen MR) is 57.6 cm³/mol. The molecule has 1 aliphatic heterocycles. The van der Waals surface area contributed by atoms with Gasteiger partial charge in [-0.05, 0) is 18.6 Å². The highest BCUT2D eigenvalue weighted by atomic mass is 32.2. The molecule has 1 aromatic rings. The summed E-state index contributed by atoms with van der Waals surface area (Å²) in [6, 6.07) is 7.43. The van der Waals surface area contributed by atoms with Gasteiger partial charge in [-0.15, -0.1) is 0 Å².